The Hall–Kier alpha value is -2.10. The SMILES string of the molecule is Cc1ccc(O)c(S(=O)(=O)Nc2ccc(S(=O)(=O)N(C)C)cc2)c1. The highest BCUT2D eigenvalue weighted by molar-refractivity contribution is 7.92. The summed E-state index contributed by atoms with van der Waals surface area (Å²) in [5.41, 5.74) is 0.870. The van der Waals surface area contributed by atoms with Gasteiger partial charge in [-0.05, 0) is 48.9 Å². The van der Waals surface area contributed by atoms with Crippen LogP contribution in [0.2, 0.25) is 0 Å². The number of phenolic OH excluding ortho intramolecular Hbond substituents is 1. The Morgan fingerprint density at radius 3 is 2.08 bits per heavy atom. The first-order valence-electron chi connectivity index (χ1n) is 6.89. The quantitative estimate of drug-likeness (QED) is 0.834. The molecule has 130 valence electrons. The lowest BCUT2D eigenvalue weighted by molar-refractivity contribution is 0.459. The molecule has 0 aromatic heterocycles. The normalized spacial score (nSPS) is 12.3. The summed E-state index contributed by atoms with van der Waals surface area (Å²) in [5, 5.41) is 9.76. The van der Waals surface area contributed by atoms with Gasteiger partial charge in [-0.25, -0.2) is 21.1 Å². The highest BCUT2D eigenvalue weighted by atomic mass is 32.2. The molecule has 0 heterocycles. The number of anilines is 1. The monoisotopic (exact) mass is 370 g/mol. The minimum absolute atomic E-state index is 0.0499. The minimum atomic E-state index is -3.99. The molecular weight excluding hydrogens is 352 g/mol. The first-order chi connectivity index (χ1) is 11.0. The number of aromatic hydroxyl groups is 1. The number of aryl methyl sites for hydroxylation is 1. The Labute approximate surface area is 141 Å². The van der Waals surface area contributed by atoms with Crippen LogP contribution in [0.15, 0.2) is 52.3 Å². The minimum Gasteiger partial charge on any atom is -0.507 e. The van der Waals surface area contributed by atoms with Gasteiger partial charge in [0, 0.05) is 19.8 Å². The van der Waals surface area contributed by atoms with E-state index in [1.54, 1.807) is 13.0 Å². The highest BCUT2D eigenvalue weighted by Crippen LogP contribution is 2.26. The molecule has 0 aliphatic heterocycles. The van der Waals surface area contributed by atoms with E-state index in [1.807, 2.05) is 0 Å². The van der Waals surface area contributed by atoms with E-state index >= 15 is 0 Å². The third-order valence-corrected chi connectivity index (χ3v) is 6.53. The van der Waals surface area contributed by atoms with Gasteiger partial charge < -0.3 is 5.11 Å². The van der Waals surface area contributed by atoms with Crippen molar-refractivity contribution in [1.82, 2.24) is 4.31 Å². The molecule has 0 saturated heterocycles. The predicted molar refractivity (Wildman–Crippen MR) is 91.0 cm³/mol. The standard InChI is InChI=1S/C15H18N2O5S2/c1-11-4-9-14(18)15(10-11)23(19,20)16-12-5-7-13(8-6-12)24(21,22)17(2)3/h4-10,16,18H,1-3H3. The summed E-state index contributed by atoms with van der Waals surface area (Å²) in [4.78, 5) is -0.193. The van der Waals surface area contributed by atoms with Crippen molar-refractivity contribution in [2.45, 2.75) is 16.7 Å². The van der Waals surface area contributed by atoms with Gasteiger partial charge in [-0.15, -0.1) is 0 Å². The van der Waals surface area contributed by atoms with Crippen molar-refractivity contribution in [3.8, 4) is 5.75 Å². The fourth-order valence-corrected chi connectivity index (χ4v) is 4.09. The van der Waals surface area contributed by atoms with Crippen LogP contribution in [-0.4, -0.2) is 40.3 Å². The van der Waals surface area contributed by atoms with Gasteiger partial charge in [-0.1, -0.05) is 6.07 Å². The van der Waals surface area contributed by atoms with Crippen molar-refractivity contribution in [3.63, 3.8) is 0 Å². The van der Waals surface area contributed by atoms with Gasteiger partial charge in [0.15, 0.2) is 0 Å². The van der Waals surface area contributed by atoms with E-state index in [2.05, 4.69) is 4.72 Å². The molecule has 0 fully saturated rings. The van der Waals surface area contributed by atoms with Gasteiger partial charge in [-0.3, -0.25) is 4.72 Å². The maximum absolute atomic E-state index is 12.4. The highest BCUT2D eigenvalue weighted by Gasteiger charge is 2.20. The van der Waals surface area contributed by atoms with Crippen molar-refractivity contribution < 1.29 is 21.9 Å². The maximum atomic E-state index is 12.4. The number of rotatable bonds is 5. The Morgan fingerprint density at radius 2 is 1.54 bits per heavy atom. The zero-order valence-electron chi connectivity index (χ0n) is 13.4. The van der Waals surface area contributed by atoms with Crippen LogP contribution in [-0.2, 0) is 20.0 Å². The van der Waals surface area contributed by atoms with Crippen LogP contribution in [0.25, 0.3) is 0 Å². The van der Waals surface area contributed by atoms with Crippen LogP contribution in [0.1, 0.15) is 5.56 Å². The molecule has 0 unspecified atom stereocenters. The average Bonchev–Trinajstić information content (AvgIpc) is 2.49. The van der Waals surface area contributed by atoms with Crippen molar-refractivity contribution in [1.29, 1.82) is 0 Å². The van der Waals surface area contributed by atoms with E-state index in [9.17, 15) is 21.9 Å². The number of nitrogens with one attached hydrogen (secondary N) is 1. The van der Waals surface area contributed by atoms with E-state index < -0.39 is 20.0 Å². The molecule has 0 aliphatic rings. The van der Waals surface area contributed by atoms with Gasteiger partial charge in [0.05, 0.1) is 4.90 Å². The lowest BCUT2D eigenvalue weighted by atomic mass is 10.2. The van der Waals surface area contributed by atoms with Crippen LogP contribution < -0.4 is 4.72 Å². The predicted octanol–water partition coefficient (Wildman–Crippen LogP) is 1.75. The molecule has 0 bridgehead atoms. The lowest BCUT2D eigenvalue weighted by Gasteiger charge is -2.13. The second kappa shape index (κ2) is 6.42. The summed E-state index contributed by atoms with van der Waals surface area (Å²) in [6.45, 7) is 1.71. The maximum Gasteiger partial charge on any atom is 0.265 e. The fourth-order valence-electron chi connectivity index (χ4n) is 1.95. The fraction of sp³-hybridized carbons (Fsp3) is 0.200. The Balaban J connectivity index is 2.33. The molecule has 2 N–H and O–H groups in total. The molecule has 0 atom stereocenters. The van der Waals surface area contributed by atoms with Gasteiger partial charge in [0.25, 0.3) is 10.0 Å². The summed E-state index contributed by atoms with van der Waals surface area (Å²) in [7, 11) is -4.76. The van der Waals surface area contributed by atoms with E-state index in [4.69, 9.17) is 0 Å². The number of hydrogen-bond donors (Lipinski definition) is 2. The molecule has 0 radical (unpaired) electrons. The topological polar surface area (TPSA) is 104 Å². The van der Waals surface area contributed by atoms with Crippen LogP contribution in [0.3, 0.4) is 0 Å². The molecule has 2 rings (SSSR count). The largest absolute Gasteiger partial charge is 0.507 e. The molecule has 9 heteroatoms. The second-order valence-corrected chi connectivity index (χ2v) is 9.19. The molecule has 2 aromatic carbocycles. The first-order valence-corrected chi connectivity index (χ1v) is 9.81. The number of benzene rings is 2. The summed E-state index contributed by atoms with van der Waals surface area (Å²) < 4.78 is 52.1. The van der Waals surface area contributed by atoms with Crippen molar-refractivity contribution in [2.75, 3.05) is 18.8 Å². The Kier molecular flexibility index (Phi) is 4.88. The zero-order chi connectivity index (χ0) is 18.1. The van der Waals surface area contributed by atoms with Crippen LogP contribution in [0.4, 0.5) is 5.69 Å². The summed E-state index contributed by atoms with van der Waals surface area (Å²) in [5.74, 6) is -0.361. The van der Waals surface area contributed by atoms with Gasteiger partial charge in [0.1, 0.15) is 10.6 Å². The molecule has 24 heavy (non-hydrogen) atoms. The second-order valence-electron chi connectivity index (χ2n) is 5.39. The summed E-state index contributed by atoms with van der Waals surface area (Å²) >= 11 is 0. The molecule has 0 spiro atoms. The van der Waals surface area contributed by atoms with Crippen molar-refractivity contribution in [2.24, 2.45) is 0 Å². The average molecular weight is 370 g/mol. The van der Waals surface area contributed by atoms with Crippen molar-refractivity contribution >= 4 is 25.7 Å². The van der Waals surface area contributed by atoms with Gasteiger partial charge >= 0.3 is 0 Å². The first kappa shape index (κ1) is 18.2. The lowest BCUT2D eigenvalue weighted by Crippen LogP contribution is -2.22. The Bertz CT molecular complexity index is 950. The number of phenols is 1. The summed E-state index contributed by atoms with van der Waals surface area (Å²) in [6.07, 6.45) is 0. The third-order valence-electron chi connectivity index (χ3n) is 3.29. The third kappa shape index (κ3) is 3.69. The van der Waals surface area contributed by atoms with Crippen LogP contribution in [0.5, 0.6) is 5.75 Å². The van der Waals surface area contributed by atoms with Crippen molar-refractivity contribution in [3.05, 3.63) is 48.0 Å². The van der Waals surface area contributed by atoms with E-state index in [1.165, 1.54) is 50.5 Å². The molecule has 0 amide bonds. The molecule has 7 nitrogen and oxygen atoms in total. The van der Waals surface area contributed by atoms with E-state index in [-0.39, 0.29) is 21.2 Å². The number of hydrogen-bond acceptors (Lipinski definition) is 5. The van der Waals surface area contributed by atoms with Crippen LogP contribution >= 0.6 is 0 Å². The Morgan fingerprint density at radius 1 is 0.958 bits per heavy atom. The molecule has 0 aliphatic carbocycles. The van der Waals surface area contributed by atoms with Gasteiger partial charge in [-0.2, -0.15) is 0 Å². The summed E-state index contributed by atoms with van der Waals surface area (Å²) in [6, 6.07) is 9.56. The zero-order valence-corrected chi connectivity index (χ0v) is 15.0. The smallest absolute Gasteiger partial charge is 0.265 e. The number of sulfonamides is 2. The van der Waals surface area contributed by atoms with E-state index in [0.29, 0.717) is 5.56 Å². The molecule has 0 saturated carbocycles. The molecular formula is C15H18N2O5S2. The van der Waals surface area contributed by atoms with Gasteiger partial charge in [0.2, 0.25) is 10.0 Å². The number of nitrogens with zero attached hydrogens (tertiary/aromatic N) is 1. The van der Waals surface area contributed by atoms with Crippen LogP contribution in [0, 0.1) is 6.92 Å². The molecule has 2 aromatic rings. The van der Waals surface area contributed by atoms with E-state index in [0.717, 1.165) is 4.31 Å².